The minimum absolute atomic E-state index is 0.555. The van der Waals surface area contributed by atoms with Gasteiger partial charge in [0.05, 0.1) is 0 Å². The lowest BCUT2D eigenvalue weighted by atomic mass is 9.90. The fourth-order valence-electron chi connectivity index (χ4n) is 2.17. The van der Waals surface area contributed by atoms with Crippen LogP contribution < -0.4 is 5.32 Å². The van der Waals surface area contributed by atoms with Crippen molar-refractivity contribution in [3.8, 4) is 0 Å². The van der Waals surface area contributed by atoms with Crippen molar-refractivity contribution in [3.05, 3.63) is 12.3 Å². The molecule has 0 amide bonds. The monoisotopic (exact) mass is 239 g/mol. The van der Waals surface area contributed by atoms with Crippen LogP contribution in [0, 0.1) is 17.8 Å². The van der Waals surface area contributed by atoms with E-state index < -0.39 is 0 Å². The average Bonchev–Trinajstić information content (AvgIpc) is 2.25. The zero-order valence-electron chi connectivity index (χ0n) is 12.7. The molecular formula is C16H33N. The largest absolute Gasteiger partial charge is 0.389 e. The molecule has 1 heteroatoms. The molecule has 0 saturated carbocycles. The third-order valence-corrected chi connectivity index (χ3v) is 3.47. The van der Waals surface area contributed by atoms with Crippen LogP contribution in [0.4, 0.5) is 0 Å². The van der Waals surface area contributed by atoms with Crippen LogP contribution in [0.25, 0.3) is 0 Å². The second kappa shape index (κ2) is 9.56. The summed E-state index contributed by atoms with van der Waals surface area (Å²) in [6, 6.07) is 0. The summed E-state index contributed by atoms with van der Waals surface area (Å²) in [7, 11) is 0. The van der Waals surface area contributed by atoms with Crippen molar-refractivity contribution in [1.82, 2.24) is 5.32 Å². The van der Waals surface area contributed by atoms with E-state index in [0.717, 1.165) is 18.4 Å². The predicted molar refractivity (Wildman–Crippen MR) is 79.1 cm³/mol. The summed E-state index contributed by atoms with van der Waals surface area (Å²) in [4.78, 5) is 0. The minimum atomic E-state index is 0.555. The Morgan fingerprint density at radius 2 is 1.76 bits per heavy atom. The molecule has 0 aromatic rings. The van der Waals surface area contributed by atoms with Gasteiger partial charge < -0.3 is 5.32 Å². The van der Waals surface area contributed by atoms with E-state index in [-0.39, 0.29) is 0 Å². The highest BCUT2D eigenvalue weighted by Crippen LogP contribution is 2.20. The number of allylic oxidation sites excluding steroid dienone is 1. The van der Waals surface area contributed by atoms with Crippen LogP contribution in [0.1, 0.15) is 66.7 Å². The molecule has 0 fully saturated rings. The van der Waals surface area contributed by atoms with Crippen molar-refractivity contribution >= 4 is 0 Å². The lowest BCUT2D eigenvalue weighted by Crippen LogP contribution is -2.17. The zero-order chi connectivity index (χ0) is 13.3. The predicted octanol–water partition coefficient (Wildman–Crippen LogP) is 4.99. The van der Waals surface area contributed by atoms with Gasteiger partial charge in [0, 0.05) is 12.2 Å². The maximum atomic E-state index is 4.03. The van der Waals surface area contributed by atoms with Crippen molar-refractivity contribution in [2.45, 2.75) is 66.7 Å². The van der Waals surface area contributed by atoms with Gasteiger partial charge in [-0.05, 0) is 30.6 Å². The van der Waals surface area contributed by atoms with E-state index >= 15 is 0 Å². The van der Waals surface area contributed by atoms with Crippen LogP contribution in [0.15, 0.2) is 12.3 Å². The number of hydrogen-bond acceptors (Lipinski definition) is 1. The molecule has 0 aliphatic carbocycles. The van der Waals surface area contributed by atoms with Crippen molar-refractivity contribution in [2.24, 2.45) is 17.8 Å². The summed E-state index contributed by atoms with van der Waals surface area (Å²) in [6.07, 6.45) is 6.75. The first-order valence-electron chi connectivity index (χ1n) is 7.40. The van der Waals surface area contributed by atoms with Crippen LogP contribution in [-0.2, 0) is 0 Å². The van der Waals surface area contributed by atoms with E-state index in [1.54, 1.807) is 0 Å². The first-order valence-corrected chi connectivity index (χ1v) is 7.40. The first-order chi connectivity index (χ1) is 7.97. The van der Waals surface area contributed by atoms with E-state index in [1.165, 1.54) is 37.8 Å². The number of hydrogen-bond donors (Lipinski definition) is 1. The molecule has 0 aliphatic heterocycles. The molecule has 0 aromatic heterocycles. The Morgan fingerprint density at radius 1 is 1.12 bits per heavy atom. The summed E-state index contributed by atoms with van der Waals surface area (Å²) in [6.45, 7) is 16.5. The van der Waals surface area contributed by atoms with Crippen LogP contribution in [0.5, 0.6) is 0 Å². The van der Waals surface area contributed by atoms with E-state index in [9.17, 15) is 0 Å². The summed E-state index contributed by atoms with van der Waals surface area (Å²) in [5.74, 6) is 2.33. The highest BCUT2D eigenvalue weighted by Gasteiger charge is 2.08. The molecule has 1 unspecified atom stereocenters. The van der Waals surface area contributed by atoms with Crippen molar-refractivity contribution in [1.29, 1.82) is 0 Å². The highest BCUT2D eigenvalue weighted by molar-refractivity contribution is 4.93. The molecule has 0 aliphatic rings. The van der Waals surface area contributed by atoms with Gasteiger partial charge in [0.25, 0.3) is 0 Å². The Labute approximate surface area is 109 Å². The van der Waals surface area contributed by atoms with Crippen LogP contribution in [0.2, 0.25) is 0 Å². The summed E-state index contributed by atoms with van der Waals surface area (Å²) < 4.78 is 0. The second-order valence-corrected chi connectivity index (χ2v) is 6.01. The Kier molecular flexibility index (Phi) is 9.30. The molecule has 0 saturated heterocycles. The highest BCUT2D eigenvalue weighted by atomic mass is 14.9. The van der Waals surface area contributed by atoms with Gasteiger partial charge in [0.2, 0.25) is 0 Å². The van der Waals surface area contributed by atoms with Crippen molar-refractivity contribution < 1.29 is 0 Å². The lowest BCUT2D eigenvalue weighted by Gasteiger charge is -2.17. The molecule has 1 nitrogen and oxygen atoms in total. The Hall–Kier alpha value is -0.460. The molecule has 0 heterocycles. The fourth-order valence-corrected chi connectivity index (χ4v) is 2.17. The molecule has 0 aromatic carbocycles. The van der Waals surface area contributed by atoms with Gasteiger partial charge in [-0.2, -0.15) is 0 Å². The van der Waals surface area contributed by atoms with Gasteiger partial charge in [-0.15, -0.1) is 0 Å². The smallest absolute Gasteiger partial charge is 0.0143 e. The van der Waals surface area contributed by atoms with Gasteiger partial charge in [0.15, 0.2) is 0 Å². The van der Waals surface area contributed by atoms with Crippen LogP contribution >= 0.6 is 0 Å². The Morgan fingerprint density at radius 3 is 2.24 bits per heavy atom. The van der Waals surface area contributed by atoms with E-state index in [1.807, 2.05) is 0 Å². The average molecular weight is 239 g/mol. The van der Waals surface area contributed by atoms with E-state index in [2.05, 4.69) is 46.5 Å². The third-order valence-electron chi connectivity index (χ3n) is 3.47. The minimum Gasteiger partial charge on any atom is -0.389 e. The maximum absolute atomic E-state index is 4.03. The van der Waals surface area contributed by atoms with E-state index in [4.69, 9.17) is 0 Å². The maximum Gasteiger partial charge on any atom is 0.0143 e. The van der Waals surface area contributed by atoms with Gasteiger partial charge in [-0.25, -0.2) is 0 Å². The molecule has 1 atom stereocenters. The Balaban J connectivity index is 3.52. The number of rotatable bonds is 10. The summed E-state index contributed by atoms with van der Waals surface area (Å²) in [5, 5.41) is 3.42. The molecule has 0 spiro atoms. The lowest BCUT2D eigenvalue weighted by molar-refractivity contribution is 0.363. The van der Waals surface area contributed by atoms with Crippen molar-refractivity contribution in [2.75, 3.05) is 6.54 Å². The normalized spacial score (nSPS) is 13.1. The van der Waals surface area contributed by atoms with E-state index in [0.29, 0.717) is 5.92 Å². The SMILES string of the molecule is C=C(NCCCCC(CC)CC(C)C)C(C)C. The third kappa shape index (κ3) is 9.26. The molecule has 0 rings (SSSR count). The molecule has 17 heavy (non-hydrogen) atoms. The quantitative estimate of drug-likeness (QED) is 0.530. The molecule has 102 valence electrons. The number of nitrogens with one attached hydrogen (secondary N) is 1. The van der Waals surface area contributed by atoms with Gasteiger partial charge >= 0.3 is 0 Å². The summed E-state index contributed by atoms with van der Waals surface area (Å²) >= 11 is 0. The summed E-state index contributed by atoms with van der Waals surface area (Å²) in [5.41, 5.74) is 1.18. The molecular weight excluding hydrogens is 206 g/mol. The second-order valence-electron chi connectivity index (χ2n) is 6.01. The fraction of sp³-hybridized carbons (Fsp3) is 0.875. The topological polar surface area (TPSA) is 12.0 Å². The molecule has 0 bridgehead atoms. The standard InChI is InChI=1S/C16H33N/c1-7-16(12-13(2)3)10-8-9-11-17-15(6)14(4)5/h13-14,16-17H,6-12H2,1-5H3. The molecule has 0 radical (unpaired) electrons. The molecule has 1 N–H and O–H groups in total. The Bertz CT molecular complexity index is 194. The van der Waals surface area contributed by atoms with Crippen LogP contribution in [0.3, 0.4) is 0 Å². The van der Waals surface area contributed by atoms with Gasteiger partial charge in [-0.1, -0.05) is 60.5 Å². The van der Waals surface area contributed by atoms with Gasteiger partial charge in [-0.3, -0.25) is 0 Å². The van der Waals surface area contributed by atoms with Gasteiger partial charge in [0.1, 0.15) is 0 Å². The van der Waals surface area contributed by atoms with Crippen LogP contribution in [-0.4, -0.2) is 6.54 Å². The first kappa shape index (κ1) is 16.5. The number of unbranched alkanes of at least 4 members (excludes halogenated alkanes) is 1. The van der Waals surface area contributed by atoms with Crippen molar-refractivity contribution in [3.63, 3.8) is 0 Å². The zero-order valence-corrected chi connectivity index (χ0v) is 12.7.